The van der Waals surface area contributed by atoms with Crippen molar-refractivity contribution in [2.24, 2.45) is 0 Å². The van der Waals surface area contributed by atoms with Crippen LogP contribution in [-0.2, 0) is 12.1 Å². The number of nitrogen functional groups attached to an aromatic ring is 1. The standard InChI is InChI=1S/C17H20N2/c18-16-9-7-15(8-10-16)17(11-4-12-17)19-13-14-5-2-1-3-6-14/h1-3,5-10,19H,4,11-13,18H2. The summed E-state index contributed by atoms with van der Waals surface area (Å²) < 4.78 is 0. The van der Waals surface area contributed by atoms with Crippen LogP contribution in [0.3, 0.4) is 0 Å². The molecule has 2 nitrogen and oxygen atoms in total. The van der Waals surface area contributed by atoms with E-state index in [-0.39, 0.29) is 5.54 Å². The van der Waals surface area contributed by atoms with Crippen molar-refractivity contribution in [3.05, 3.63) is 65.7 Å². The molecule has 0 aliphatic heterocycles. The largest absolute Gasteiger partial charge is 0.399 e. The van der Waals surface area contributed by atoms with Crippen LogP contribution in [0.1, 0.15) is 30.4 Å². The number of rotatable bonds is 4. The third kappa shape index (κ3) is 2.49. The third-order valence-electron chi connectivity index (χ3n) is 4.14. The number of hydrogen-bond donors (Lipinski definition) is 2. The fourth-order valence-corrected chi connectivity index (χ4v) is 2.77. The zero-order valence-electron chi connectivity index (χ0n) is 11.1. The highest BCUT2D eigenvalue weighted by molar-refractivity contribution is 5.42. The predicted molar refractivity (Wildman–Crippen MR) is 79.7 cm³/mol. The van der Waals surface area contributed by atoms with Crippen molar-refractivity contribution in [2.45, 2.75) is 31.3 Å². The number of nitrogens with two attached hydrogens (primary N) is 1. The summed E-state index contributed by atoms with van der Waals surface area (Å²) in [7, 11) is 0. The molecular weight excluding hydrogens is 232 g/mol. The van der Waals surface area contributed by atoms with Gasteiger partial charge in [-0.05, 0) is 42.5 Å². The summed E-state index contributed by atoms with van der Waals surface area (Å²) >= 11 is 0. The maximum Gasteiger partial charge on any atom is 0.0437 e. The average molecular weight is 252 g/mol. The number of benzene rings is 2. The monoisotopic (exact) mass is 252 g/mol. The van der Waals surface area contributed by atoms with Gasteiger partial charge in [-0.25, -0.2) is 0 Å². The Morgan fingerprint density at radius 2 is 1.63 bits per heavy atom. The molecule has 0 saturated heterocycles. The summed E-state index contributed by atoms with van der Waals surface area (Å²) in [5.41, 5.74) is 9.47. The van der Waals surface area contributed by atoms with E-state index in [0.717, 1.165) is 12.2 Å². The minimum Gasteiger partial charge on any atom is -0.399 e. The summed E-state index contributed by atoms with van der Waals surface area (Å²) in [6.07, 6.45) is 3.72. The van der Waals surface area contributed by atoms with E-state index in [1.807, 2.05) is 12.1 Å². The number of nitrogens with one attached hydrogen (secondary N) is 1. The van der Waals surface area contributed by atoms with E-state index in [2.05, 4.69) is 47.8 Å². The molecule has 2 heteroatoms. The number of hydrogen-bond acceptors (Lipinski definition) is 2. The first kappa shape index (κ1) is 12.2. The van der Waals surface area contributed by atoms with Crippen LogP contribution in [0.4, 0.5) is 5.69 Å². The second-order valence-electron chi connectivity index (χ2n) is 5.40. The van der Waals surface area contributed by atoms with Crippen molar-refractivity contribution < 1.29 is 0 Å². The normalized spacial score (nSPS) is 16.8. The predicted octanol–water partition coefficient (Wildman–Crippen LogP) is 3.44. The topological polar surface area (TPSA) is 38.0 Å². The fourth-order valence-electron chi connectivity index (χ4n) is 2.77. The highest BCUT2D eigenvalue weighted by atomic mass is 15.0. The molecule has 0 spiro atoms. The summed E-state index contributed by atoms with van der Waals surface area (Å²) in [5.74, 6) is 0. The van der Waals surface area contributed by atoms with Crippen molar-refractivity contribution >= 4 is 5.69 Å². The van der Waals surface area contributed by atoms with Crippen LogP contribution in [-0.4, -0.2) is 0 Å². The molecule has 98 valence electrons. The van der Waals surface area contributed by atoms with E-state index in [1.165, 1.54) is 30.4 Å². The molecule has 0 radical (unpaired) electrons. The lowest BCUT2D eigenvalue weighted by Crippen LogP contribution is -2.47. The molecule has 1 aliphatic rings. The fraction of sp³-hybridized carbons (Fsp3) is 0.294. The Bertz CT molecular complexity index is 527. The number of anilines is 1. The Kier molecular flexibility index (Phi) is 3.26. The zero-order chi connectivity index (χ0) is 13.1. The average Bonchev–Trinajstić information content (AvgIpc) is 2.41. The summed E-state index contributed by atoms with van der Waals surface area (Å²) in [4.78, 5) is 0. The van der Waals surface area contributed by atoms with E-state index < -0.39 is 0 Å². The minimum absolute atomic E-state index is 0.156. The van der Waals surface area contributed by atoms with Crippen molar-refractivity contribution in [3.63, 3.8) is 0 Å². The van der Waals surface area contributed by atoms with E-state index >= 15 is 0 Å². The van der Waals surface area contributed by atoms with Gasteiger partial charge in [-0.15, -0.1) is 0 Å². The first-order valence-electron chi connectivity index (χ1n) is 6.93. The van der Waals surface area contributed by atoms with Gasteiger partial charge in [-0.3, -0.25) is 0 Å². The molecule has 2 aromatic rings. The first-order chi connectivity index (χ1) is 9.28. The van der Waals surface area contributed by atoms with Gasteiger partial charge < -0.3 is 11.1 Å². The first-order valence-corrected chi connectivity index (χ1v) is 6.93. The molecule has 1 saturated carbocycles. The molecule has 0 heterocycles. The van der Waals surface area contributed by atoms with Crippen LogP contribution < -0.4 is 11.1 Å². The maximum absolute atomic E-state index is 5.77. The maximum atomic E-state index is 5.77. The van der Waals surface area contributed by atoms with Gasteiger partial charge in [-0.1, -0.05) is 42.5 Å². The molecule has 0 atom stereocenters. The van der Waals surface area contributed by atoms with E-state index in [9.17, 15) is 0 Å². The van der Waals surface area contributed by atoms with Crippen LogP contribution in [0, 0.1) is 0 Å². The second kappa shape index (κ2) is 5.06. The van der Waals surface area contributed by atoms with Gasteiger partial charge >= 0.3 is 0 Å². The van der Waals surface area contributed by atoms with Gasteiger partial charge in [0.25, 0.3) is 0 Å². The molecule has 1 aliphatic carbocycles. The third-order valence-corrected chi connectivity index (χ3v) is 4.14. The molecule has 3 N–H and O–H groups in total. The van der Waals surface area contributed by atoms with E-state index in [1.54, 1.807) is 0 Å². The Labute approximate surface area is 114 Å². The smallest absolute Gasteiger partial charge is 0.0437 e. The molecule has 0 unspecified atom stereocenters. The summed E-state index contributed by atoms with van der Waals surface area (Å²) in [6.45, 7) is 0.922. The highest BCUT2D eigenvalue weighted by Gasteiger charge is 2.37. The van der Waals surface area contributed by atoms with Crippen molar-refractivity contribution in [1.82, 2.24) is 5.32 Å². The molecule has 3 rings (SSSR count). The van der Waals surface area contributed by atoms with Crippen LogP contribution in [0.5, 0.6) is 0 Å². The molecule has 0 bridgehead atoms. The molecule has 1 fully saturated rings. The van der Waals surface area contributed by atoms with Crippen molar-refractivity contribution in [2.75, 3.05) is 5.73 Å². The molecular formula is C17H20N2. The quantitative estimate of drug-likeness (QED) is 0.818. The van der Waals surface area contributed by atoms with Gasteiger partial charge in [0.1, 0.15) is 0 Å². The highest BCUT2D eigenvalue weighted by Crippen LogP contribution is 2.41. The van der Waals surface area contributed by atoms with Crippen LogP contribution in [0.25, 0.3) is 0 Å². The molecule has 2 aromatic carbocycles. The second-order valence-corrected chi connectivity index (χ2v) is 5.40. The zero-order valence-corrected chi connectivity index (χ0v) is 11.1. The van der Waals surface area contributed by atoms with Gasteiger partial charge in [0, 0.05) is 17.8 Å². The summed E-state index contributed by atoms with van der Waals surface area (Å²) in [6, 6.07) is 18.9. The van der Waals surface area contributed by atoms with E-state index in [0.29, 0.717) is 0 Å². The van der Waals surface area contributed by atoms with Gasteiger partial charge in [0.2, 0.25) is 0 Å². The van der Waals surface area contributed by atoms with Gasteiger partial charge in [0.15, 0.2) is 0 Å². The van der Waals surface area contributed by atoms with Gasteiger partial charge in [0.05, 0.1) is 0 Å². The lowest BCUT2D eigenvalue weighted by atomic mass is 9.71. The molecule has 0 amide bonds. The Hall–Kier alpha value is -1.80. The molecule has 19 heavy (non-hydrogen) atoms. The SMILES string of the molecule is Nc1ccc(C2(NCc3ccccc3)CCC2)cc1. The van der Waals surface area contributed by atoms with Gasteiger partial charge in [-0.2, -0.15) is 0 Å². The van der Waals surface area contributed by atoms with Crippen LogP contribution in [0.15, 0.2) is 54.6 Å². The van der Waals surface area contributed by atoms with Crippen molar-refractivity contribution in [1.29, 1.82) is 0 Å². The van der Waals surface area contributed by atoms with Crippen molar-refractivity contribution in [3.8, 4) is 0 Å². The van der Waals surface area contributed by atoms with E-state index in [4.69, 9.17) is 5.73 Å². The lowest BCUT2D eigenvalue weighted by molar-refractivity contribution is 0.183. The Morgan fingerprint density at radius 1 is 0.947 bits per heavy atom. The minimum atomic E-state index is 0.156. The Balaban J connectivity index is 1.74. The summed E-state index contributed by atoms with van der Waals surface area (Å²) in [5, 5.41) is 3.74. The Morgan fingerprint density at radius 3 is 2.21 bits per heavy atom. The van der Waals surface area contributed by atoms with Crippen LogP contribution >= 0.6 is 0 Å². The lowest BCUT2D eigenvalue weighted by Gasteiger charge is -2.43. The van der Waals surface area contributed by atoms with Crippen LogP contribution in [0.2, 0.25) is 0 Å². The molecule has 0 aromatic heterocycles.